The van der Waals surface area contributed by atoms with Crippen molar-refractivity contribution < 1.29 is 19.0 Å². The average molecular weight is 247 g/mol. The number of esters is 1. The van der Waals surface area contributed by atoms with Gasteiger partial charge in [-0.25, -0.2) is 0 Å². The van der Waals surface area contributed by atoms with Gasteiger partial charge in [-0.1, -0.05) is 13.8 Å². The van der Waals surface area contributed by atoms with Gasteiger partial charge in [0.25, 0.3) is 0 Å². The second-order valence-corrected chi connectivity index (χ2v) is 4.04. The van der Waals surface area contributed by atoms with Gasteiger partial charge in [-0.05, 0) is 0 Å². The van der Waals surface area contributed by atoms with Crippen LogP contribution in [-0.4, -0.2) is 52.1 Å². The van der Waals surface area contributed by atoms with Crippen LogP contribution in [0.25, 0.3) is 0 Å². The van der Waals surface area contributed by atoms with E-state index in [1.54, 1.807) is 7.11 Å². The highest BCUT2D eigenvalue weighted by Gasteiger charge is 2.02. The summed E-state index contributed by atoms with van der Waals surface area (Å²) in [6.45, 7) is 6.96. The Morgan fingerprint density at radius 3 is 2.59 bits per heavy atom. The van der Waals surface area contributed by atoms with Crippen LogP contribution in [-0.2, 0) is 19.0 Å². The number of carbonyl (C=O) groups excluding carboxylic acids is 1. The molecule has 17 heavy (non-hydrogen) atoms. The zero-order valence-corrected chi connectivity index (χ0v) is 11.2. The predicted molar refractivity (Wildman–Crippen MR) is 66.0 cm³/mol. The monoisotopic (exact) mass is 247 g/mol. The summed E-state index contributed by atoms with van der Waals surface area (Å²) in [6, 6.07) is 0.400. The third-order valence-corrected chi connectivity index (χ3v) is 2.01. The van der Waals surface area contributed by atoms with Gasteiger partial charge in [-0.3, -0.25) is 4.79 Å². The molecule has 0 atom stereocenters. The first-order valence-electron chi connectivity index (χ1n) is 6.12. The normalized spacial score (nSPS) is 10.8. The van der Waals surface area contributed by atoms with Crippen LogP contribution >= 0.6 is 0 Å². The van der Waals surface area contributed by atoms with E-state index in [2.05, 4.69) is 5.32 Å². The van der Waals surface area contributed by atoms with E-state index in [1.807, 2.05) is 13.8 Å². The van der Waals surface area contributed by atoms with Crippen molar-refractivity contribution in [2.75, 3.05) is 40.1 Å². The molecule has 0 spiro atoms. The summed E-state index contributed by atoms with van der Waals surface area (Å²) in [6.07, 6.45) is 1.15. The first-order chi connectivity index (χ1) is 8.16. The lowest BCUT2D eigenvalue weighted by molar-refractivity contribution is -0.143. The van der Waals surface area contributed by atoms with E-state index in [0.29, 0.717) is 45.4 Å². The minimum atomic E-state index is -0.157. The number of rotatable bonds is 11. The highest BCUT2D eigenvalue weighted by molar-refractivity contribution is 5.69. The van der Waals surface area contributed by atoms with Crippen molar-refractivity contribution in [2.45, 2.75) is 32.7 Å². The number of methoxy groups -OCH3 is 1. The minimum absolute atomic E-state index is 0.157. The van der Waals surface area contributed by atoms with Crippen molar-refractivity contribution >= 4 is 5.97 Å². The molecule has 0 heterocycles. The Labute approximate surface area is 104 Å². The largest absolute Gasteiger partial charge is 0.466 e. The van der Waals surface area contributed by atoms with Gasteiger partial charge in [0, 0.05) is 32.7 Å². The molecule has 0 radical (unpaired) electrons. The molecule has 102 valence electrons. The fraction of sp³-hybridized carbons (Fsp3) is 0.917. The molecule has 0 amide bonds. The fourth-order valence-electron chi connectivity index (χ4n) is 1.13. The molecular weight excluding hydrogens is 222 g/mol. The Balaban J connectivity index is 3.16. The number of nitrogens with one attached hydrogen (secondary N) is 1. The molecule has 0 aliphatic carbocycles. The topological polar surface area (TPSA) is 56.8 Å². The van der Waals surface area contributed by atoms with Gasteiger partial charge in [0.05, 0.1) is 26.2 Å². The smallest absolute Gasteiger partial charge is 0.307 e. The molecule has 0 unspecified atom stereocenters. The summed E-state index contributed by atoms with van der Waals surface area (Å²) in [7, 11) is 1.64. The summed E-state index contributed by atoms with van der Waals surface area (Å²) in [5, 5.41) is 3.16. The number of hydrogen-bond donors (Lipinski definition) is 1. The lowest BCUT2D eigenvalue weighted by Gasteiger charge is -2.08. The molecular formula is C12H25NO4. The van der Waals surface area contributed by atoms with Crippen LogP contribution in [0.3, 0.4) is 0 Å². The Morgan fingerprint density at radius 2 is 1.94 bits per heavy atom. The zero-order chi connectivity index (χ0) is 12.9. The summed E-state index contributed by atoms with van der Waals surface area (Å²) in [5.41, 5.74) is 0. The Bertz CT molecular complexity index is 185. The van der Waals surface area contributed by atoms with E-state index >= 15 is 0 Å². The maximum Gasteiger partial charge on any atom is 0.307 e. The Kier molecular flexibility index (Phi) is 11.4. The van der Waals surface area contributed by atoms with Crippen molar-refractivity contribution in [3.63, 3.8) is 0 Å². The standard InChI is InChI=1S/C12H25NO4/c1-11(2)13-6-5-12(14)17-8-4-7-16-10-9-15-3/h11,13H,4-10H2,1-3H3. The molecule has 0 aromatic rings. The third-order valence-electron chi connectivity index (χ3n) is 2.01. The molecule has 0 saturated carbocycles. The first-order valence-corrected chi connectivity index (χ1v) is 6.12. The van der Waals surface area contributed by atoms with E-state index in [9.17, 15) is 4.79 Å². The molecule has 5 nitrogen and oxygen atoms in total. The van der Waals surface area contributed by atoms with Crippen LogP contribution in [0, 0.1) is 0 Å². The van der Waals surface area contributed by atoms with Gasteiger partial charge in [0.15, 0.2) is 0 Å². The summed E-state index contributed by atoms with van der Waals surface area (Å²) >= 11 is 0. The molecule has 0 aromatic carbocycles. The SMILES string of the molecule is COCCOCCCOC(=O)CCNC(C)C. The van der Waals surface area contributed by atoms with Gasteiger partial charge in [-0.15, -0.1) is 0 Å². The van der Waals surface area contributed by atoms with Crippen molar-refractivity contribution in [3.05, 3.63) is 0 Å². The predicted octanol–water partition coefficient (Wildman–Crippen LogP) is 0.971. The zero-order valence-electron chi connectivity index (χ0n) is 11.2. The van der Waals surface area contributed by atoms with E-state index in [0.717, 1.165) is 6.42 Å². The van der Waals surface area contributed by atoms with E-state index in [-0.39, 0.29) is 5.97 Å². The van der Waals surface area contributed by atoms with Gasteiger partial charge in [-0.2, -0.15) is 0 Å². The van der Waals surface area contributed by atoms with Crippen molar-refractivity contribution in [2.24, 2.45) is 0 Å². The second-order valence-electron chi connectivity index (χ2n) is 4.04. The average Bonchev–Trinajstić information content (AvgIpc) is 2.27. The molecule has 0 bridgehead atoms. The van der Waals surface area contributed by atoms with E-state index in [1.165, 1.54) is 0 Å². The molecule has 0 aromatic heterocycles. The molecule has 0 fully saturated rings. The molecule has 5 heteroatoms. The first kappa shape index (κ1) is 16.4. The molecule has 0 saturated heterocycles. The highest BCUT2D eigenvalue weighted by Crippen LogP contribution is 1.90. The van der Waals surface area contributed by atoms with Crippen molar-refractivity contribution in [1.82, 2.24) is 5.32 Å². The number of hydrogen-bond acceptors (Lipinski definition) is 5. The number of carbonyl (C=O) groups is 1. The van der Waals surface area contributed by atoms with E-state index in [4.69, 9.17) is 14.2 Å². The molecule has 0 rings (SSSR count). The second kappa shape index (κ2) is 11.8. The van der Waals surface area contributed by atoms with Gasteiger partial charge >= 0.3 is 5.97 Å². The van der Waals surface area contributed by atoms with Crippen LogP contribution in [0.15, 0.2) is 0 Å². The lowest BCUT2D eigenvalue weighted by Crippen LogP contribution is -2.26. The van der Waals surface area contributed by atoms with E-state index < -0.39 is 0 Å². The van der Waals surface area contributed by atoms with Gasteiger partial charge < -0.3 is 19.5 Å². The Morgan fingerprint density at radius 1 is 1.18 bits per heavy atom. The molecule has 0 aliphatic rings. The molecule has 1 N–H and O–H groups in total. The minimum Gasteiger partial charge on any atom is -0.466 e. The van der Waals surface area contributed by atoms with Gasteiger partial charge in [0.1, 0.15) is 0 Å². The lowest BCUT2D eigenvalue weighted by atomic mass is 10.3. The summed E-state index contributed by atoms with van der Waals surface area (Å²) < 4.78 is 15.1. The maximum absolute atomic E-state index is 11.2. The molecule has 0 aliphatic heterocycles. The van der Waals surface area contributed by atoms with Gasteiger partial charge in [0.2, 0.25) is 0 Å². The van der Waals surface area contributed by atoms with Crippen LogP contribution in [0.5, 0.6) is 0 Å². The van der Waals surface area contributed by atoms with Crippen LogP contribution < -0.4 is 5.32 Å². The third kappa shape index (κ3) is 13.3. The maximum atomic E-state index is 11.2. The quantitative estimate of drug-likeness (QED) is 0.435. The van der Waals surface area contributed by atoms with Crippen LogP contribution in [0.2, 0.25) is 0 Å². The van der Waals surface area contributed by atoms with Crippen LogP contribution in [0.1, 0.15) is 26.7 Å². The van der Waals surface area contributed by atoms with Crippen LogP contribution in [0.4, 0.5) is 0 Å². The summed E-state index contributed by atoms with van der Waals surface area (Å²) in [4.78, 5) is 11.2. The number of ether oxygens (including phenoxy) is 3. The van der Waals surface area contributed by atoms with Crippen molar-refractivity contribution in [1.29, 1.82) is 0 Å². The highest BCUT2D eigenvalue weighted by atomic mass is 16.5. The fourth-order valence-corrected chi connectivity index (χ4v) is 1.13. The summed E-state index contributed by atoms with van der Waals surface area (Å²) in [5.74, 6) is -0.157. The van der Waals surface area contributed by atoms with Crippen molar-refractivity contribution in [3.8, 4) is 0 Å². The Hall–Kier alpha value is -0.650.